The fourth-order valence-electron chi connectivity index (χ4n) is 2.05. The maximum Gasteiger partial charge on any atom is 0.0577 e. The van der Waals surface area contributed by atoms with Crippen molar-refractivity contribution in [2.75, 3.05) is 6.54 Å². The summed E-state index contributed by atoms with van der Waals surface area (Å²) in [7, 11) is 0. The highest BCUT2D eigenvalue weighted by molar-refractivity contribution is 5.98. The van der Waals surface area contributed by atoms with E-state index in [0.29, 0.717) is 0 Å². The van der Waals surface area contributed by atoms with Crippen molar-refractivity contribution < 1.29 is 0 Å². The molecule has 1 aliphatic carbocycles. The van der Waals surface area contributed by atoms with Gasteiger partial charge in [0.2, 0.25) is 0 Å². The van der Waals surface area contributed by atoms with Crippen molar-refractivity contribution in [2.24, 2.45) is 10.9 Å². The van der Waals surface area contributed by atoms with Crippen LogP contribution in [0.25, 0.3) is 0 Å². The zero-order chi connectivity index (χ0) is 7.52. The van der Waals surface area contributed by atoms with E-state index >= 15 is 0 Å². The Kier molecular flexibility index (Phi) is 2.06. The lowest BCUT2D eigenvalue weighted by atomic mass is 9.86. The van der Waals surface area contributed by atoms with Gasteiger partial charge >= 0.3 is 0 Å². The second-order valence-electron chi connectivity index (χ2n) is 3.50. The van der Waals surface area contributed by atoms with Crippen LogP contribution in [0.3, 0.4) is 0 Å². The maximum atomic E-state index is 4.46. The number of aliphatic imine (C=N–C) groups is 1. The summed E-state index contributed by atoms with van der Waals surface area (Å²) < 4.78 is 0. The van der Waals surface area contributed by atoms with Crippen LogP contribution in [-0.4, -0.2) is 12.3 Å². The Bertz CT molecular complexity index is 185. The van der Waals surface area contributed by atoms with Gasteiger partial charge in [0, 0.05) is 11.6 Å². The van der Waals surface area contributed by atoms with Gasteiger partial charge in [0.1, 0.15) is 0 Å². The Hall–Kier alpha value is -0.590. The van der Waals surface area contributed by atoms with Gasteiger partial charge in [0.05, 0.1) is 6.54 Å². The summed E-state index contributed by atoms with van der Waals surface area (Å²) in [5.41, 5.74) is 1.38. The zero-order valence-electron chi connectivity index (χ0n) is 6.92. The lowest BCUT2D eigenvalue weighted by Crippen LogP contribution is -2.14. The number of nitrogens with zero attached hydrogens (tertiary/aromatic N) is 1. The monoisotopic (exact) mass is 149 g/mol. The van der Waals surface area contributed by atoms with Gasteiger partial charge in [-0.2, -0.15) is 0 Å². The standard InChI is InChI=1S/C10H15N/c1-2-5-9(6-3-1)10-7-4-8-11-10/h4,7,9H,1-3,5-6,8H2. The molecule has 1 heteroatoms. The van der Waals surface area contributed by atoms with E-state index in [-0.39, 0.29) is 0 Å². The second kappa shape index (κ2) is 3.21. The molecule has 0 unspecified atom stereocenters. The molecule has 0 aromatic heterocycles. The summed E-state index contributed by atoms with van der Waals surface area (Å²) in [5, 5.41) is 0. The van der Waals surface area contributed by atoms with E-state index in [1.54, 1.807) is 0 Å². The fourth-order valence-corrected chi connectivity index (χ4v) is 2.05. The van der Waals surface area contributed by atoms with Gasteiger partial charge in [-0.25, -0.2) is 0 Å². The van der Waals surface area contributed by atoms with E-state index in [1.165, 1.54) is 37.8 Å². The van der Waals surface area contributed by atoms with Gasteiger partial charge in [0.25, 0.3) is 0 Å². The molecule has 0 aromatic rings. The molecule has 11 heavy (non-hydrogen) atoms. The highest BCUT2D eigenvalue weighted by atomic mass is 14.7. The van der Waals surface area contributed by atoms with Crippen LogP contribution in [0.4, 0.5) is 0 Å². The highest BCUT2D eigenvalue weighted by Crippen LogP contribution is 2.26. The van der Waals surface area contributed by atoms with Crippen LogP contribution in [-0.2, 0) is 0 Å². The minimum Gasteiger partial charge on any atom is -0.285 e. The van der Waals surface area contributed by atoms with E-state index in [9.17, 15) is 0 Å². The first-order chi connectivity index (χ1) is 5.47. The first-order valence-electron chi connectivity index (χ1n) is 4.68. The second-order valence-corrected chi connectivity index (χ2v) is 3.50. The molecule has 0 N–H and O–H groups in total. The van der Waals surface area contributed by atoms with E-state index in [2.05, 4.69) is 17.1 Å². The molecule has 0 atom stereocenters. The largest absolute Gasteiger partial charge is 0.285 e. The molecule has 0 aromatic carbocycles. The molecule has 1 heterocycles. The molecule has 1 aliphatic heterocycles. The van der Waals surface area contributed by atoms with E-state index in [0.717, 1.165) is 12.5 Å². The number of hydrogen-bond donors (Lipinski definition) is 0. The van der Waals surface area contributed by atoms with Gasteiger partial charge in [-0.3, -0.25) is 4.99 Å². The van der Waals surface area contributed by atoms with Gasteiger partial charge in [-0.05, 0) is 18.9 Å². The van der Waals surface area contributed by atoms with Gasteiger partial charge < -0.3 is 0 Å². The SMILES string of the molecule is C1=CC(C2CCCCC2)=NC1. The maximum absolute atomic E-state index is 4.46. The van der Waals surface area contributed by atoms with Crippen molar-refractivity contribution in [1.29, 1.82) is 0 Å². The van der Waals surface area contributed by atoms with Crippen molar-refractivity contribution in [1.82, 2.24) is 0 Å². The summed E-state index contributed by atoms with van der Waals surface area (Å²) in [6, 6.07) is 0. The molecule has 1 nitrogen and oxygen atoms in total. The molecule has 60 valence electrons. The van der Waals surface area contributed by atoms with Crippen molar-refractivity contribution >= 4 is 5.71 Å². The van der Waals surface area contributed by atoms with Crippen LogP contribution >= 0.6 is 0 Å². The minimum atomic E-state index is 0.808. The smallest absolute Gasteiger partial charge is 0.0577 e. The normalized spacial score (nSPS) is 25.6. The minimum absolute atomic E-state index is 0.808. The fraction of sp³-hybridized carbons (Fsp3) is 0.700. The van der Waals surface area contributed by atoms with Crippen LogP contribution in [0, 0.1) is 5.92 Å². The molecule has 2 rings (SSSR count). The van der Waals surface area contributed by atoms with Crippen LogP contribution in [0.2, 0.25) is 0 Å². The average molecular weight is 149 g/mol. The Morgan fingerprint density at radius 2 is 2.00 bits per heavy atom. The van der Waals surface area contributed by atoms with Gasteiger partial charge in [-0.1, -0.05) is 25.3 Å². The molecule has 1 fully saturated rings. The first kappa shape index (κ1) is 7.08. The lowest BCUT2D eigenvalue weighted by Gasteiger charge is -2.20. The predicted octanol–water partition coefficient (Wildman–Crippen LogP) is 2.58. The van der Waals surface area contributed by atoms with Crippen LogP contribution in [0.15, 0.2) is 17.1 Å². The summed E-state index contributed by atoms with van der Waals surface area (Å²) in [6.07, 6.45) is 11.4. The molecule has 1 saturated carbocycles. The van der Waals surface area contributed by atoms with Crippen LogP contribution in [0.5, 0.6) is 0 Å². The van der Waals surface area contributed by atoms with Crippen molar-refractivity contribution in [3.63, 3.8) is 0 Å². The topological polar surface area (TPSA) is 12.4 Å². The Morgan fingerprint density at radius 3 is 2.64 bits per heavy atom. The third-order valence-corrected chi connectivity index (χ3v) is 2.69. The third-order valence-electron chi connectivity index (χ3n) is 2.69. The van der Waals surface area contributed by atoms with Crippen LogP contribution in [0.1, 0.15) is 32.1 Å². The Morgan fingerprint density at radius 1 is 1.18 bits per heavy atom. The van der Waals surface area contributed by atoms with Crippen molar-refractivity contribution in [2.45, 2.75) is 32.1 Å². The molecule has 0 radical (unpaired) electrons. The average Bonchev–Trinajstić information content (AvgIpc) is 2.58. The predicted molar refractivity (Wildman–Crippen MR) is 48.0 cm³/mol. The lowest BCUT2D eigenvalue weighted by molar-refractivity contribution is 0.440. The molecule has 0 saturated heterocycles. The number of hydrogen-bond acceptors (Lipinski definition) is 1. The quantitative estimate of drug-likeness (QED) is 0.543. The molecule has 2 aliphatic rings. The van der Waals surface area contributed by atoms with Crippen LogP contribution < -0.4 is 0 Å². The zero-order valence-corrected chi connectivity index (χ0v) is 6.92. The third kappa shape index (κ3) is 1.52. The van der Waals surface area contributed by atoms with E-state index < -0.39 is 0 Å². The molecular weight excluding hydrogens is 134 g/mol. The van der Waals surface area contributed by atoms with E-state index in [1.807, 2.05) is 0 Å². The first-order valence-corrected chi connectivity index (χ1v) is 4.68. The Balaban J connectivity index is 1.97. The van der Waals surface area contributed by atoms with Gasteiger partial charge in [0.15, 0.2) is 0 Å². The Labute approximate surface area is 68.2 Å². The molecule has 0 amide bonds. The summed E-state index contributed by atoms with van der Waals surface area (Å²) in [4.78, 5) is 4.46. The summed E-state index contributed by atoms with van der Waals surface area (Å²) in [6.45, 7) is 0.936. The highest BCUT2D eigenvalue weighted by Gasteiger charge is 2.18. The van der Waals surface area contributed by atoms with Crippen molar-refractivity contribution in [3.05, 3.63) is 12.2 Å². The van der Waals surface area contributed by atoms with Crippen molar-refractivity contribution in [3.8, 4) is 0 Å². The molecule has 0 spiro atoms. The number of allylic oxidation sites excluding steroid dienone is 1. The van der Waals surface area contributed by atoms with Gasteiger partial charge in [-0.15, -0.1) is 0 Å². The summed E-state index contributed by atoms with van der Waals surface area (Å²) >= 11 is 0. The van der Waals surface area contributed by atoms with E-state index in [4.69, 9.17) is 0 Å². The summed E-state index contributed by atoms with van der Waals surface area (Å²) in [5.74, 6) is 0.808. The number of rotatable bonds is 1. The molecular formula is C10H15N. The molecule has 0 bridgehead atoms.